The van der Waals surface area contributed by atoms with Crippen molar-refractivity contribution in [2.75, 3.05) is 18.1 Å². The van der Waals surface area contributed by atoms with Gasteiger partial charge in [-0.05, 0) is 30.8 Å². The monoisotopic (exact) mass is 232 g/mol. The van der Waals surface area contributed by atoms with E-state index in [4.69, 9.17) is 18.0 Å². The quantitative estimate of drug-likeness (QED) is 0.703. The van der Waals surface area contributed by atoms with Gasteiger partial charge in [-0.25, -0.2) is 0 Å². The van der Waals surface area contributed by atoms with Crippen LogP contribution in [0.2, 0.25) is 0 Å². The molecule has 1 amide bonds. The first-order valence-corrected chi connectivity index (χ1v) is 6.32. The van der Waals surface area contributed by atoms with E-state index in [2.05, 4.69) is 5.32 Å². The fourth-order valence-electron chi connectivity index (χ4n) is 1.27. The molecule has 2 unspecified atom stereocenters. The van der Waals surface area contributed by atoms with E-state index in [0.717, 1.165) is 12.3 Å². The molecule has 0 radical (unpaired) electrons. The molecule has 3 nitrogen and oxygen atoms in total. The Kier molecular flexibility index (Phi) is 4.68. The van der Waals surface area contributed by atoms with E-state index < -0.39 is 0 Å². The van der Waals surface area contributed by atoms with Gasteiger partial charge in [-0.3, -0.25) is 4.79 Å². The Morgan fingerprint density at radius 2 is 2.50 bits per heavy atom. The Bertz CT molecular complexity index is 227. The number of thioether (sulfide) groups is 1. The number of amides is 1. The van der Waals surface area contributed by atoms with Crippen LogP contribution in [-0.2, 0) is 4.79 Å². The van der Waals surface area contributed by atoms with Crippen LogP contribution >= 0.6 is 24.0 Å². The van der Waals surface area contributed by atoms with Crippen molar-refractivity contribution < 1.29 is 4.79 Å². The van der Waals surface area contributed by atoms with Crippen LogP contribution in [0.1, 0.15) is 13.3 Å². The van der Waals surface area contributed by atoms with Crippen molar-refractivity contribution in [3.63, 3.8) is 0 Å². The summed E-state index contributed by atoms with van der Waals surface area (Å²) in [5.41, 5.74) is 5.39. The highest BCUT2D eigenvalue weighted by molar-refractivity contribution is 7.99. The van der Waals surface area contributed by atoms with Gasteiger partial charge in [0.25, 0.3) is 0 Å². The van der Waals surface area contributed by atoms with Gasteiger partial charge in [-0.15, -0.1) is 0 Å². The van der Waals surface area contributed by atoms with Crippen molar-refractivity contribution in [3.8, 4) is 0 Å². The van der Waals surface area contributed by atoms with Gasteiger partial charge < -0.3 is 11.1 Å². The van der Waals surface area contributed by atoms with Gasteiger partial charge in [0.05, 0.1) is 10.9 Å². The van der Waals surface area contributed by atoms with Gasteiger partial charge in [-0.2, -0.15) is 11.8 Å². The lowest BCUT2D eigenvalue weighted by Crippen LogP contribution is -2.38. The molecule has 0 aromatic heterocycles. The predicted octanol–water partition coefficient (Wildman–Crippen LogP) is 0.778. The Hall–Kier alpha value is -0.290. The topological polar surface area (TPSA) is 55.1 Å². The molecular formula is C9H16N2OS2. The first kappa shape index (κ1) is 11.8. The van der Waals surface area contributed by atoms with Gasteiger partial charge >= 0.3 is 0 Å². The average Bonchev–Trinajstić information content (AvgIpc) is 2.65. The van der Waals surface area contributed by atoms with Crippen molar-refractivity contribution in [2.24, 2.45) is 17.6 Å². The third-order valence-electron chi connectivity index (χ3n) is 2.41. The standard InChI is InChI=1S/C9H16N2OS2/c1-6(8(10)13)9(12)11-4-7-2-3-14-5-7/h6-7H,2-5H2,1H3,(H2,10,13)(H,11,12). The van der Waals surface area contributed by atoms with Gasteiger partial charge in [0.2, 0.25) is 5.91 Å². The van der Waals surface area contributed by atoms with E-state index in [9.17, 15) is 4.79 Å². The molecule has 0 spiro atoms. The number of hydrogen-bond acceptors (Lipinski definition) is 3. The maximum absolute atomic E-state index is 11.5. The van der Waals surface area contributed by atoms with Crippen LogP contribution in [0.5, 0.6) is 0 Å². The highest BCUT2D eigenvalue weighted by Crippen LogP contribution is 2.22. The molecule has 1 saturated heterocycles. The Morgan fingerprint density at radius 1 is 1.79 bits per heavy atom. The number of nitrogens with one attached hydrogen (secondary N) is 1. The average molecular weight is 232 g/mol. The third-order valence-corrected chi connectivity index (χ3v) is 3.99. The van der Waals surface area contributed by atoms with Crippen molar-refractivity contribution in [3.05, 3.63) is 0 Å². The molecule has 1 rings (SSSR count). The summed E-state index contributed by atoms with van der Waals surface area (Å²) in [6.07, 6.45) is 1.20. The SMILES string of the molecule is CC(C(=O)NCC1CCSC1)C(N)=S. The van der Waals surface area contributed by atoms with Crippen molar-refractivity contribution >= 4 is 34.9 Å². The number of carbonyl (C=O) groups is 1. The third kappa shape index (κ3) is 3.46. The maximum atomic E-state index is 11.5. The summed E-state index contributed by atoms with van der Waals surface area (Å²) in [5, 5.41) is 2.89. The van der Waals surface area contributed by atoms with Crippen LogP contribution in [0, 0.1) is 11.8 Å². The zero-order valence-corrected chi connectivity index (χ0v) is 9.92. The van der Waals surface area contributed by atoms with E-state index in [-0.39, 0.29) is 16.8 Å². The molecule has 0 aromatic rings. The molecule has 3 N–H and O–H groups in total. The molecule has 1 fully saturated rings. The minimum absolute atomic E-state index is 0.0469. The van der Waals surface area contributed by atoms with Crippen molar-refractivity contribution in [2.45, 2.75) is 13.3 Å². The normalized spacial score (nSPS) is 23.1. The van der Waals surface area contributed by atoms with Crippen molar-refractivity contribution in [1.29, 1.82) is 0 Å². The summed E-state index contributed by atoms with van der Waals surface area (Å²) in [6, 6.07) is 0. The van der Waals surface area contributed by atoms with Gasteiger partial charge in [-0.1, -0.05) is 12.2 Å². The second kappa shape index (κ2) is 5.56. The van der Waals surface area contributed by atoms with E-state index in [1.54, 1.807) is 6.92 Å². The summed E-state index contributed by atoms with van der Waals surface area (Å²) in [7, 11) is 0. The van der Waals surface area contributed by atoms with Gasteiger partial charge in [0, 0.05) is 6.54 Å². The molecule has 14 heavy (non-hydrogen) atoms. The molecule has 1 aliphatic heterocycles. The Labute approximate surface area is 94.2 Å². The minimum Gasteiger partial charge on any atom is -0.393 e. The smallest absolute Gasteiger partial charge is 0.229 e. The van der Waals surface area contributed by atoms with Crippen LogP contribution in [0.4, 0.5) is 0 Å². The minimum atomic E-state index is -0.348. The molecule has 2 atom stereocenters. The molecule has 80 valence electrons. The summed E-state index contributed by atoms with van der Waals surface area (Å²) >= 11 is 6.70. The first-order chi connectivity index (χ1) is 6.61. The summed E-state index contributed by atoms with van der Waals surface area (Å²) < 4.78 is 0. The molecule has 0 aromatic carbocycles. The van der Waals surface area contributed by atoms with Crippen molar-refractivity contribution in [1.82, 2.24) is 5.32 Å². The van der Waals surface area contributed by atoms with E-state index in [1.165, 1.54) is 12.2 Å². The second-order valence-corrected chi connectivity index (χ2v) is 5.22. The van der Waals surface area contributed by atoms with Crippen LogP contribution in [-0.4, -0.2) is 28.9 Å². The molecule has 5 heteroatoms. The summed E-state index contributed by atoms with van der Waals surface area (Å²) in [5.74, 6) is 2.60. The lowest BCUT2D eigenvalue weighted by Gasteiger charge is -2.13. The molecule has 0 bridgehead atoms. The largest absolute Gasteiger partial charge is 0.393 e. The lowest BCUT2D eigenvalue weighted by atomic mass is 10.1. The van der Waals surface area contributed by atoms with E-state index in [0.29, 0.717) is 5.92 Å². The fourth-order valence-corrected chi connectivity index (χ4v) is 2.66. The van der Waals surface area contributed by atoms with Gasteiger partial charge in [0.15, 0.2) is 0 Å². The second-order valence-electron chi connectivity index (χ2n) is 3.60. The van der Waals surface area contributed by atoms with E-state index in [1.807, 2.05) is 11.8 Å². The number of carbonyl (C=O) groups excluding carboxylic acids is 1. The van der Waals surface area contributed by atoms with Crippen LogP contribution < -0.4 is 11.1 Å². The van der Waals surface area contributed by atoms with Crippen LogP contribution in [0.25, 0.3) is 0 Å². The van der Waals surface area contributed by atoms with Crippen LogP contribution in [0.3, 0.4) is 0 Å². The zero-order valence-electron chi connectivity index (χ0n) is 8.29. The predicted molar refractivity (Wildman–Crippen MR) is 64.4 cm³/mol. The maximum Gasteiger partial charge on any atom is 0.229 e. The van der Waals surface area contributed by atoms with Gasteiger partial charge in [0.1, 0.15) is 0 Å². The summed E-state index contributed by atoms with van der Waals surface area (Å²) in [4.78, 5) is 11.7. The number of thiocarbonyl (C=S) groups is 1. The van der Waals surface area contributed by atoms with Crippen LogP contribution in [0.15, 0.2) is 0 Å². The zero-order chi connectivity index (χ0) is 10.6. The highest BCUT2D eigenvalue weighted by atomic mass is 32.2. The Morgan fingerprint density at radius 3 is 3.00 bits per heavy atom. The number of hydrogen-bond donors (Lipinski definition) is 2. The molecule has 1 heterocycles. The lowest BCUT2D eigenvalue weighted by molar-refractivity contribution is -0.122. The molecular weight excluding hydrogens is 216 g/mol. The molecule has 0 saturated carbocycles. The molecule has 0 aliphatic carbocycles. The van der Waals surface area contributed by atoms with E-state index >= 15 is 0 Å². The molecule has 1 aliphatic rings. The number of rotatable bonds is 4. The first-order valence-electron chi connectivity index (χ1n) is 4.76. The fraction of sp³-hybridized carbons (Fsp3) is 0.778. The summed E-state index contributed by atoms with van der Waals surface area (Å²) in [6.45, 7) is 2.50. The highest BCUT2D eigenvalue weighted by Gasteiger charge is 2.19. The Balaban J connectivity index is 2.23. The number of nitrogens with two attached hydrogens (primary N) is 1.